The molecular weight excluding hydrogens is 377 g/mol. The molecule has 0 heterocycles. The van der Waals surface area contributed by atoms with Crippen LogP contribution < -0.4 is 20.9 Å². The average Bonchev–Trinajstić information content (AvgIpc) is 2.69. The predicted molar refractivity (Wildman–Crippen MR) is 113 cm³/mol. The summed E-state index contributed by atoms with van der Waals surface area (Å²) in [6.45, 7) is 3.31. The zero-order valence-electron chi connectivity index (χ0n) is 15.5. The first-order valence-corrected chi connectivity index (χ1v) is 9.11. The third kappa shape index (κ3) is 4.95. The van der Waals surface area contributed by atoms with E-state index >= 15 is 0 Å². The Morgan fingerprint density at radius 2 is 1.79 bits per heavy atom. The number of ether oxygens (including phenoxy) is 1. The number of amides is 1. The Morgan fingerprint density at radius 3 is 2.54 bits per heavy atom. The molecular formula is C21H20FN3O2S. The Bertz CT molecular complexity index is 1030. The van der Waals surface area contributed by atoms with E-state index in [4.69, 9.17) is 17.0 Å². The standard InChI is InChI=1S/C21H20FN3O2S/c1-13-7-9-17(12-19(13)22)23-21(28)25-24-20(26)14(2)27-18-10-8-15-5-3-4-6-16(15)11-18/h3-12,14H,1-2H3,(H,24,26)(H2,23,25,28)/t14-/m1/s1. The van der Waals surface area contributed by atoms with E-state index in [1.54, 1.807) is 26.0 Å². The second-order valence-corrected chi connectivity index (χ2v) is 6.71. The summed E-state index contributed by atoms with van der Waals surface area (Å²) in [7, 11) is 0. The number of hydrogen-bond donors (Lipinski definition) is 3. The molecule has 1 amide bonds. The van der Waals surface area contributed by atoms with Crippen LogP contribution in [0.3, 0.4) is 0 Å². The minimum Gasteiger partial charge on any atom is -0.481 e. The second-order valence-electron chi connectivity index (χ2n) is 6.30. The summed E-state index contributed by atoms with van der Waals surface area (Å²) in [5.74, 6) is -0.140. The minimum absolute atomic E-state index is 0.134. The van der Waals surface area contributed by atoms with Gasteiger partial charge < -0.3 is 10.1 Å². The molecule has 0 saturated carbocycles. The summed E-state index contributed by atoms with van der Waals surface area (Å²) in [4.78, 5) is 12.2. The smallest absolute Gasteiger partial charge is 0.279 e. The molecule has 0 aliphatic carbocycles. The number of thiocarbonyl (C=S) groups is 1. The molecule has 0 aliphatic heterocycles. The summed E-state index contributed by atoms with van der Waals surface area (Å²) in [5, 5.41) is 5.06. The fraction of sp³-hybridized carbons (Fsp3) is 0.143. The van der Waals surface area contributed by atoms with Crippen LogP contribution in [0.1, 0.15) is 12.5 Å². The number of carbonyl (C=O) groups is 1. The molecule has 3 rings (SSSR count). The lowest BCUT2D eigenvalue weighted by atomic mass is 10.1. The normalized spacial score (nSPS) is 11.5. The lowest BCUT2D eigenvalue weighted by Crippen LogP contribution is -2.48. The summed E-state index contributed by atoms with van der Waals surface area (Å²) in [6, 6.07) is 18.2. The number of halogens is 1. The van der Waals surface area contributed by atoms with Gasteiger partial charge >= 0.3 is 0 Å². The average molecular weight is 397 g/mol. The van der Waals surface area contributed by atoms with Crippen molar-refractivity contribution in [3.8, 4) is 5.75 Å². The highest BCUT2D eigenvalue weighted by atomic mass is 32.1. The lowest BCUT2D eigenvalue weighted by molar-refractivity contribution is -0.127. The largest absolute Gasteiger partial charge is 0.481 e. The van der Waals surface area contributed by atoms with Crippen molar-refractivity contribution in [1.29, 1.82) is 0 Å². The molecule has 5 nitrogen and oxygen atoms in total. The van der Waals surface area contributed by atoms with Crippen molar-refractivity contribution < 1.29 is 13.9 Å². The fourth-order valence-corrected chi connectivity index (χ4v) is 2.72. The van der Waals surface area contributed by atoms with Gasteiger partial charge in [-0.2, -0.15) is 0 Å². The van der Waals surface area contributed by atoms with Crippen LogP contribution in [-0.2, 0) is 4.79 Å². The van der Waals surface area contributed by atoms with Gasteiger partial charge in [0.05, 0.1) is 0 Å². The molecule has 0 aromatic heterocycles. The van der Waals surface area contributed by atoms with Gasteiger partial charge in [0, 0.05) is 5.69 Å². The van der Waals surface area contributed by atoms with E-state index in [1.165, 1.54) is 6.07 Å². The first-order valence-electron chi connectivity index (χ1n) is 8.71. The maximum absolute atomic E-state index is 13.6. The van der Waals surface area contributed by atoms with Crippen LogP contribution in [0, 0.1) is 12.7 Å². The molecule has 0 bridgehead atoms. The molecule has 0 aliphatic rings. The summed E-state index contributed by atoms with van der Waals surface area (Å²) in [5.41, 5.74) is 6.08. The quantitative estimate of drug-likeness (QED) is 0.458. The number of hydrazine groups is 1. The highest BCUT2D eigenvalue weighted by Crippen LogP contribution is 2.21. The van der Waals surface area contributed by atoms with Gasteiger partial charge in [0.25, 0.3) is 5.91 Å². The second kappa shape index (κ2) is 8.67. The zero-order valence-corrected chi connectivity index (χ0v) is 16.3. The maximum Gasteiger partial charge on any atom is 0.279 e. The molecule has 0 saturated heterocycles. The van der Waals surface area contributed by atoms with Crippen LogP contribution in [0.4, 0.5) is 10.1 Å². The first-order chi connectivity index (χ1) is 13.4. The van der Waals surface area contributed by atoms with E-state index in [0.29, 0.717) is 17.0 Å². The summed E-state index contributed by atoms with van der Waals surface area (Å²) in [6.07, 6.45) is -0.742. The molecule has 3 N–H and O–H groups in total. The molecule has 0 unspecified atom stereocenters. The van der Waals surface area contributed by atoms with Gasteiger partial charge in [-0.15, -0.1) is 0 Å². The Hall–Kier alpha value is -3.19. The Kier molecular flexibility index (Phi) is 6.06. The van der Waals surface area contributed by atoms with Gasteiger partial charge in [0.1, 0.15) is 11.6 Å². The molecule has 144 valence electrons. The third-order valence-corrected chi connectivity index (χ3v) is 4.34. The topological polar surface area (TPSA) is 62.4 Å². The lowest BCUT2D eigenvalue weighted by Gasteiger charge is -2.17. The van der Waals surface area contributed by atoms with Crippen LogP contribution in [0.2, 0.25) is 0 Å². The van der Waals surface area contributed by atoms with Gasteiger partial charge in [-0.1, -0.05) is 36.4 Å². The van der Waals surface area contributed by atoms with Crippen molar-refractivity contribution in [3.05, 3.63) is 72.0 Å². The maximum atomic E-state index is 13.6. The fourth-order valence-electron chi connectivity index (χ4n) is 2.55. The van der Waals surface area contributed by atoms with E-state index < -0.39 is 12.0 Å². The Morgan fingerprint density at radius 1 is 1.04 bits per heavy atom. The third-order valence-electron chi connectivity index (χ3n) is 4.13. The monoisotopic (exact) mass is 397 g/mol. The van der Waals surface area contributed by atoms with E-state index in [9.17, 15) is 9.18 Å². The minimum atomic E-state index is -0.742. The molecule has 0 spiro atoms. The molecule has 3 aromatic rings. The van der Waals surface area contributed by atoms with E-state index in [2.05, 4.69) is 16.2 Å². The highest BCUT2D eigenvalue weighted by molar-refractivity contribution is 7.80. The number of carbonyl (C=O) groups excluding carboxylic acids is 1. The molecule has 0 radical (unpaired) electrons. The number of aryl methyl sites for hydroxylation is 1. The van der Waals surface area contributed by atoms with Gasteiger partial charge in [-0.25, -0.2) is 4.39 Å². The Balaban J connectivity index is 1.51. The van der Waals surface area contributed by atoms with Crippen molar-refractivity contribution in [1.82, 2.24) is 10.9 Å². The van der Waals surface area contributed by atoms with Gasteiger partial charge in [-0.05, 0) is 66.7 Å². The summed E-state index contributed by atoms with van der Waals surface area (Å²) < 4.78 is 19.3. The van der Waals surface area contributed by atoms with Gasteiger partial charge in [-0.3, -0.25) is 15.6 Å². The Labute approximate surface area is 167 Å². The van der Waals surface area contributed by atoms with Crippen LogP contribution in [0.5, 0.6) is 5.75 Å². The van der Waals surface area contributed by atoms with E-state index in [1.807, 2.05) is 42.5 Å². The van der Waals surface area contributed by atoms with E-state index in [0.717, 1.165) is 10.8 Å². The molecule has 3 aromatic carbocycles. The first kappa shape index (κ1) is 19.6. The molecule has 1 atom stereocenters. The molecule has 7 heteroatoms. The van der Waals surface area contributed by atoms with E-state index in [-0.39, 0.29) is 10.9 Å². The van der Waals surface area contributed by atoms with Gasteiger partial charge in [0.2, 0.25) is 0 Å². The highest BCUT2D eigenvalue weighted by Gasteiger charge is 2.15. The van der Waals surface area contributed by atoms with Crippen LogP contribution in [-0.4, -0.2) is 17.1 Å². The SMILES string of the molecule is Cc1ccc(NC(=S)NNC(=O)[C@@H](C)Oc2ccc3ccccc3c2)cc1F. The number of hydrogen-bond acceptors (Lipinski definition) is 3. The number of anilines is 1. The number of benzene rings is 3. The number of fused-ring (bicyclic) bond motifs is 1. The molecule has 0 fully saturated rings. The summed E-state index contributed by atoms with van der Waals surface area (Å²) >= 11 is 5.10. The van der Waals surface area contributed by atoms with Crippen molar-refractivity contribution in [2.45, 2.75) is 20.0 Å². The van der Waals surface area contributed by atoms with Crippen LogP contribution in [0.15, 0.2) is 60.7 Å². The van der Waals surface area contributed by atoms with Crippen molar-refractivity contribution in [2.24, 2.45) is 0 Å². The molecule has 28 heavy (non-hydrogen) atoms. The van der Waals surface area contributed by atoms with Crippen molar-refractivity contribution >= 4 is 39.7 Å². The van der Waals surface area contributed by atoms with Crippen LogP contribution >= 0.6 is 12.2 Å². The van der Waals surface area contributed by atoms with Crippen molar-refractivity contribution in [3.63, 3.8) is 0 Å². The number of nitrogens with one attached hydrogen (secondary N) is 3. The number of rotatable bonds is 4. The zero-order chi connectivity index (χ0) is 20.1. The van der Waals surface area contributed by atoms with Crippen LogP contribution in [0.25, 0.3) is 10.8 Å². The van der Waals surface area contributed by atoms with Gasteiger partial charge in [0.15, 0.2) is 11.2 Å². The predicted octanol–water partition coefficient (Wildman–Crippen LogP) is 4.07. The van der Waals surface area contributed by atoms with Crippen molar-refractivity contribution in [2.75, 3.05) is 5.32 Å².